The van der Waals surface area contributed by atoms with Crippen molar-refractivity contribution in [1.29, 1.82) is 0 Å². The van der Waals surface area contributed by atoms with Gasteiger partial charge in [-0.25, -0.2) is 9.97 Å². The zero-order valence-electron chi connectivity index (χ0n) is 8.96. The van der Waals surface area contributed by atoms with E-state index in [1.807, 2.05) is 5.38 Å². The molecule has 0 spiro atoms. The van der Waals surface area contributed by atoms with Crippen molar-refractivity contribution in [2.45, 2.75) is 6.42 Å². The first-order valence-corrected chi connectivity index (χ1v) is 5.96. The first-order chi connectivity index (χ1) is 8.27. The molecule has 1 amide bonds. The molecular formula is C11H11N3O2S. The van der Waals surface area contributed by atoms with Gasteiger partial charge in [0.25, 0.3) is 5.91 Å². The number of aromatic nitrogens is 2. The molecule has 2 aromatic rings. The molecule has 0 unspecified atom stereocenters. The van der Waals surface area contributed by atoms with Crippen LogP contribution < -0.4 is 5.32 Å². The molecule has 2 heterocycles. The van der Waals surface area contributed by atoms with Crippen molar-refractivity contribution >= 4 is 17.2 Å². The lowest BCUT2D eigenvalue weighted by atomic mass is 10.3. The van der Waals surface area contributed by atoms with Gasteiger partial charge in [-0.15, -0.1) is 11.3 Å². The Morgan fingerprint density at radius 1 is 1.41 bits per heavy atom. The number of amides is 1. The summed E-state index contributed by atoms with van der Waals surface area (Å²) in [5.74, 6) is -0.487. The molecule has 2 N–H and O–H groups in total. The Labute approximate surface area is 102 Å². The normalized spacial score (nSPS) is 10.1. The third-order valence-electron chi connectivity index (χ3n) is 2.11. The number of aromatic hydroxyl groups is 1. The summed E-state index contributed by atoms with van der Waals surface area (Å²) in [5, 5.41) is 15.0. The van der Waals surface area contributed by atoms with E-state index in [0.717, 1.165) is 5.01 Å². The van der Waals surface area contributed by atoms with Crippen LogP contribution in [-0.2, 0) is 6.42 Å². The number of pyridine rings is 1. The summed E-state index contributed by atoms with van der Waals surface area (Å²) in [6, 6.07) is 3.00. The lowest BCUT2D eigenvalue weighted by molar-refractivity contribution is 0.0946. The maximum absolute atomic E-state index is 11.6. The quantitative estimate of drug-likeness (QED) is 0.854. The van der Waals surface area contributed by atoms with Gasteiger partial charge >= 0.3 is 0 Å². The van der Waals surface area contributed by atoms with Crippen LogP contribution in [0.5, 0.6) is 5.75 Å². The number of nitrogens with one attached hydrogen (secondary N) is 1. The van der Waals surface area contributed by atoms with Crippen LogP contribution in [0.2, 0.25) is 0 Å². The highest BCUT2D eigenvalue weighted by molar-refractivity contribution is 7.09. The summed E-state index contributed by atoms with van der Waals surface area (Å²) in [7, 11) is 0. The van der Waals surface area contributed by atoms with Gasteiger partial charge in [-0.3, -0.25) is 4.79 Å². The molecule has 0 aliphatic heterocycles. The highest BCUT2D eigenvalue weighted by Gasteiger charge is 2.11. The van der Waals surface area contributed by atoms with Crippen LogP contribution in [0.1, 0.15) is 15.5 Å². The van der Waals surface area contributed by atoms with E-state index in [0.29, 0.717) is 13.0 Å². The lowest BCUT2D eigenvalue weighted by Crippen LogP contribution is -2.26. The number of hydrogen-bond acceptors (Lipinski definition) is 5. The first kappa shape index (κ1) is 11.5. The minimum absolute atomic E-state index is 0.0478. The van der Waals surface area contributed by atoms with Crippen molar-refractivity contribution in [2.24, 2.45) is 0 Å². The Balaban J connectivity index is 1.88. The summed E-state index contributed by atoms with van der Waals surface area (Å²) >= 11 is 1.55. The molecule has 0 aromatic carbocycles. The average molecular weight is 249 g/mol. The molecule has 0 bridgehead atoms. The smallest absolute Gasteiger partial charge is 0.273 e. The van der Waals surface area contributed by atoms with Crippen molar-refractivity contribution in [1.82, 2.24) is 15.3 Å². The Morgan fingerprint density at radius 3 is 3.00 bits per heavy atom. The van der Waals surface area contributed by atoms with Crippen LogP contribution in [0.25, 0.3) is 0 Å². The highest BCUT2D eigenvalue weighted by Crippen LogP contribution is 2.12. The predicted molar refractivity (Wildman–Crippen MR) is 64.1 cm³/mol. The SMILES string of the molecule is O=C(NCCc1nccs1)c1ncccc1O. The molecule has 0 saturated carbocycles. The number of rotatable bonds is 4. The molecule has 0 radical (unpaired) electrons. The molecule has 2 aromatic heterocycles. The van der Waals surface area contributed by atoms with Gasteiger partial charge in [0.2, 0.25) is 0 Å². The van der Waals surface area contributed by atoms with Gasteiger partial charge in [0.1, 0.15) is 5.75 Å². The molecule has 88 valence electrons. The van der Waals surface area contributed by atoms with Crippen molar-refractivity contribution < 1.29 is 9.90 Å². The molecule has 6 heteroatoms. The van der Waals surface area contributed by atoms with Crippen LogP contribution in [0.4, 0.5) is 0 Å². The van der Waals surface area contributed by atoms with Crippen molar-refractivity contribution in [2.75, 3.05) is 6.54 Å². The molecule has 5 nitrogen and oxygen atoms in total. The van der Waals surface area contributed by atoms with E-state index in [4.69, 9.17) is 0 Å². The van der Waals surface area contributed by atoms with Crippen molar-refractivity contribution in [3.63, 3.8) is 0 Å². The Kier molecular flexibility index (Phi) is 3.66. The number of carbonyl (C=O) groups is 1. The summed E-state index contributed by atoms with van der Waals surface area (Å²) < 4.78 is 0. The minimum atomic E-state index is -0.375. The zero-order valence-corrected chi connectivity index (χ0v) is 9.78. The monoisotopic (exact) mass is 249 g/mol. The van der Waals surface area contributed by atoms with Crippen molar-refractivity contribution in [3.05, 3.63) is 40.6 Å². The van der Waals surface area contributed by atoms with E-state index in [1.165, 1.54) is 12.3 Å². The fraction of sp³-hybridized carbons (Fsp3) is 0.182. The Hall–Kier alpha value is -1.95. The van der Waals surface area contributed by atoms with Gasteiger partial charge in [0, 0.05) is 30.7 Å². The van der Waals surface area contributed by atoms with Gasteiger partial charge in [-0.05, 0) is 12.1 Å². The third-order valence-corrected chi connectivity index (χ3v) is 2.95. The van der Waals surface area contributed by atoms with Crippen LogP contribution in [0, 0.1) is 0 Å². The van der Waals surface area contributed by atoms with Crippen molar-refractivity contribution in [3.8, 4) is 5.75 Å². The molecule has 0 saturated heterocycles. The number of carbonyl (C=O) groups excluding carboxylic acids is 1. The van der Waals surface area contributed by atoms with Crippen LogP contribution in [0.3, 0.4) is 0 Å². The summed E-state index contributed by atoms with van der Waals surface area (Å²) in [6.07, 6.45) is 3.87. The molecular weight excluding hydrogens is 238 g/mol. The Morgan fingerprint density at radius 2 is 2.29 bits per heavy atom. The van der Waals surface area contributed by atoms with Crippen LogP contribution >= 0.6 is 11.3 Å². The van der Waals surface area contributed by atoms with E-state index in [1.54, 1.807) is 23.6 Å². The highest BCUT2D eigenvalue weighted by atomic mass is 32.1. The van der Waals surface area contributed by atoms with Crippen LogP contribution in [-0.4, -0.2) is 27.5 Å². The number of nitrogens with zero attached hydrogens (tertiary/aromatic N) is 2. The van der Waals surface area contributed by atoms with Gasteiger partial charge in [0.15, 0.2) is 5.69 Å². The maximum Gasteiger partial charge on any atom is 0.273 e. The molecule has 17 heavy (non-hydrogen) atoms. The molecule has 0 atom stereocenters. The molecule has 0 aliphatic rings. The number of thiazole rings is 1. The fourth-order valence-corrected chi connectivity index (χ4v) is 1.94. The van der Waals surface area contributed by atoms with Gasteiger partial charge < -0.3 is 10.4 Å². The summed E-state index contributed by atoms with van der Waals surface area (Å²) in [6.45, 7) is 0.475. The van der Waals surface area contributed by atoms with Gasteiger partial charge in [-0.1, -0.05) is 0 Å². The molecule has 2 rings (SSSR count). The molecule has 0 fully saturated rings. The number of hydrogen-bond donors (Lipinski definition) is 2. The second-order valence-electron chi connectivity index (χ2n) is 3.30. The van der Waals surface area contributed by atoms with E-state index >= 15 is 0 Å². The fourth-order valence-electron chi connectivity index (χ4n) is 1.31. The topological polar surface area (TPSA) is 75.1 Å². The van der Waals surface area contributed by atoms with E-state index in [2.05, 4.69) is 15.3 Å². The lowest BCUT2D eigenvalue weighted by Gasteiger charge is -2.04. The minimum Gasteiger partial charge on any atom is -0.505 e. The van der Waals surface area contributed by atoms with E-state index in [-0.39, 0.29) is 17.4 Å². The summed E-state index contributed by atoms with van der Waals surface area (Å²) in [4.78, 5) is 19.6. The van der Waals surface area contributed by atoms with Crippen LogP contribution in [0.15, 0.2) is 29.9 Å². The second-order valence-corrected chi connectivity index (χ2v) is 4.28. The average Bonchev–Trinajstić information content (AvgIpc) is 2.82. The largest absolute Gasteiger partial charge is 0.505 e. The maximum atomic E-state index is 11.6. The second kappa shape index (κ2) is 5.40. The summed E-state index contributed by atoms with van der Waals surface area (Å²) in [5.41, 5.74) is 0.0478. The third kappa shape index (κ3) is 3.01. The Bertz CT molecular complexity index is 499. The predicted octanol–water partition coefficient (Wildman–Crippen LogP) is 1.22. The van der Waals surface area contributed by atoms with Gasteiger partial charge in [-0.2, -0.15) is 0 Å². The first-order valence-electron chi connectivity index (χ1n) is 5.08. The molecule has 0 aliphatic carbocycles. The standard InChI is InChI=1S/C11H11N3O2S/c15-8-2-1-4-13-10(8)11(16)14-5-3-9-12-6-7-17-9/h1-2,4,6-7,15H,3,5H2,(H,14,16). The van der Waals surface area contributed by atoms with E-state index in [9.17, 15) is 9.90 Å². The van der Waals surface area contributed by atoms with E-state index < -0.39 is 0 Å². The van der Waals surface area contributed by atoms with Gasteiger partial charge in [0.05, 0.1) is 5.01 Å². The zero-order chi connectivity index (χ0) is 12.1.